The van der Waals surface area contributed by atoms with Crippen molar-refractivity contribution in [1.29, 1.82) is 0 Å². The van der Waals surface area contributed by atoms with Crippen molar-refractivity contribution < 1.29 is 35.3 Å². The summed E-state index contributed by atoms with van der Waals surface area (Å²) in [6, 6.07) is 0. The fourth-order valence-electron chi connectivity index (χ4n) is 1.20. The van der Waals surface area contributed by atoms with Crippen molar-refractivity contribution in [1.82, 2.24) is 4.90 Å². The SMILES string of the molecule is O=C(OCOS(=O)(=O)C(F)(F)F)N1CCCC1. The number of amides is 1. The summed E-state index contributed by atoms with van der Waals surface area (Å²) in [7, 11) is -5.71. The maximum Gasteiger partial charge on any atom is 0.523 e. The lowest BCUT2D eigenvalue weighted by Crippen LogP contribution is -2.31. The fraction of sp³-hybridized carbons (Fsp3) is 0.857. The first-order chi connectivity index (χ1) is 7.74. The number of ether oxygens (including phenoxy) is 1. The predicted octanol–water partition coefficient (Wildman–Crippen LogP) is 1.04. The third kappa shape index (κ3) is 3.73. The minimum atomic E-state index is -5.71. The predicted molar refractivity (Wildman–Crippen MR) is 48.2 cm³/mol. The minimum absolute atomic E-state index is 0.435. The van der Waals surface area contributed by atoms with Crippen LogP contribution in [0, 0.1) is 0 Å². The molecule has 1 aliphatic heterocycles. The Labute approximate surface area is 95.4 Å². The first-order valence-corrected chi connectivity index (χ1v) is 6.02. The smallest absolute Gasteiger partial charge is 0.421 e. The van der Waals surface area contributed by atoms with Crippen molar-refractivity contribution in [3.05, 3.63) is 0 Å². The van der Waals surface area contributed by atoms with Gasteiger partial charge in [-0.3, -0.25) is 0 Å². The first-order valence-electron chi connectivity index (χ1n) is 4.61. The minimum Gasteiger partial charge on any atom is -0.421 e. The lowest BCUT2D eigenvalue weighted by molar-refractivity contribution is -0.0619. The Kier molecular flexibility index (Phi) is 4.20. The van der Waals surface area contributed by atoms with Gasteiger partial charge in [0.25, 0.3) is 0 Å². The molecule has 6 nitrogen and oxygen atoms in total. The second-order valence-corrected chi connectivity index (χ2v) is 4.85. The topological polar surface area (TPSA) is 72.9 Å². The normalized spacial score (nSPS) is 17.2. The molecule has 10 heteroatoms. The molecule has 1 saturated heterocycles. The van der Waals surface area contributed by atoms with Gasteiger partial charge in [-0.05, 0) is 12.8 Å². The van der Waals surface area contributed by atoms with E-state index in [1.54, 1.807) is 0 Å². The summed E-state index contributed by atoms with van der Waals surface area (Å²) in [5.41, 5.74) is -5.52. The lowest BCUT2D eigenvalue weighted by Gasteiger charge is -2.15. The molecule has 0 bridgehead atoms. The maximum absolute atomic E-state index is 11.8. The molecule has 0 radical (unpaired) electrons. The Bertz CT molecular complexity index is 373. The summed E-state index contributed by atoms with van der Waals surface area (Å²) < 4.78 is 63.9. The highest BCUT2D eigenvalue weighted by atomic mass is 32.2. The summed E-state index contributed by atoms with van der Waals surface area (Å²) >= 11 is 0. The van der Waals surface area contributed by atoms with Crippen LogP contribution < -0.4 is 0 Å². The van der Waals surface area contributed by atoms with Gasteiger partial charge in [-0.1, -0.05) is 0 Å². The zero-order valence-electron chi connectivity index (χ0n) is 8.57. The van der Waals surface area contributed by atoms with Gasteiger partial charge in [0.05, 0.1) is 0 Å². The Morgan fingerprint density at radius 3 is 2.24 bits per heavy atom. The van der Waals surface area contributed by atoms with Crippen LogP contribution in [0.5, 0.6) is 0 Å². The van der Waals surface area contributed by atoms with Crippen molar-refractivity contribution in [2.24, 2.45) is 0 Å². The molecule has 0 aliphatic carbocycles. The van der Waals surface area contributed by atoms with Gasteiger partial charge in [0, 0.05) is 13.1 Å². The number of carbonyl (C=O) groups is 1. The number of carbonyl (C=O) groups excluding carboxylic acids is 1. The van der Waals surface area contributed by atoms with Crippen LogP contribution in [0.4, 0.5) is 18.0 Å². The molecule has 0 saturated carbocycles. The highest BCUT2D eigenvalue weighted by Crippen LogP contribution is 2.24. The van der Waals surface area contributed by atoms with Crippen LogP contribution >= 0.6 is 0 Å². The molecular weight excluding hydrogens is 267 g/mol. The summed E-state index contributed by atoms with van der Waals surface area (Å²) in [5.74, 6) is 0. The van der Waals surface area contributed by atoms with E-state index in [4.69, 9.17) is 0 Å². The van der Waals surface area contributed by atoms with Crippen LogP contribution in [0.25, 0.3) is 0 Å². The highest BCUT2D eigenvalue weighted by Gasteiger charge is 2.47. The van der Waals surface area contributed by atoms with E-state index in [2.05, 4.69) is 8.92 Å². The van der Waals surface area contributed by atoms with E-state index in [9.17, 15) is 26.4 Å². The third-order valence-electron chi connectivity index (χ3n) is 2.03. The van der Waals surface area contributed by atoms with Crippen molar-refractivity contribution >= 4 is 16.2 Å². The van der Waals surface area contributed by atoms with E-state index in [0.717, 1.165) is 12.8 Å². The summed E-state index contributed by atoms with van der Waals surface area (Å²) in [4.78, 5) is 12.4. The number of hydrogen-bond donors (Lipinski definition) is 0. The molecule has 17 heavy (non-hydrogen) atoms. The Morgan fingerprint density at radius 1 is 1.24 bits per heavy atom. The highest BCUT2D eigenvalue weighted by molar-refractivity contribution is 7.87. The van der Waals surface area contributed by atoms with E-state index in [1.165, 1.54) is 4.90 Å². The quantitative estimate of drug-likeness (QED) is 0.438. The number of alkyl halides is 3. The third-order valence-corrected chi connectivity index (χ3v) is 3.01. The molecule has 0 spiro atoms. The van der Waals surface area contributed by atoms with Gasteiger partial charge in [0.15, 0.2) is 0 Å². The van der Waals surface area contributed by atoms with Gasteiger partial charge in [0.2, 0.25) is 6.79 Å². The number of nitrogens with zero attached hydrogens (tertiary/aromatic N) is 1. The average molecular weight is 277 g/mol. The largest absolute Gasteiger partial charge is 0.523 e. The van der Waals surface area contributed by atoms with E-state index < -0.39 is 28.5 Å². The lowest BCUT2D eigenvalue weighted by atomic mass is 10.4. The number of halogens is 3. The Morgan fingerprint density at radius 2 is 1.76 bits per heavy atom. The molecule has 1 amide bonds. The van der Waals surface area contributed by atoms with E-state index in [-0.39, 0.29) is 0 Å². The summed E-state index contributed by atoms with van der Waals surface area (Å²) in [6.45, 7) is -0.410. The van der Waals surface area contributed by atoms with E-state index in [1.807, 2.05) is 0 Å². The van der Waals surface area contributed by atoms with Crippen LogP contribution in [-0.4, -0.2) is 44.8 Å². The van der Waals surface area contributed by atoms with Crippen LogP contribution in [0.15, 0.2) is 0 Å². The molecule has 0 unspecified atom stereocenters. The van der Waals surface area contributed by atoms with Gasteiger partial charge in [-0.25, -0.2) is 8.98 Å². The van der Waals surface area contributed by atoms with Gasteiger partial charge in [-0.2, -0.15) is 21.6 Å². The van der Waals surface area contributed by atoms with Crippen molar-refractivity contribution in [3.63, 3.8) is 0 Å². The zero-order valence-corrected chi connectivity index (χ0v) is 9.38. The van der Waals surface area contributed by atoms with Crippen molar-refractivity contribution in [3.8, 4) is 0 Å². The number of likely N-dealkylation sites (tertiary alicyclic amines) is 1. The molecule has 100 valence electrons. The second-order valence-electron chi connectivity index (χ2n) is 3.24. The molecule has 0 aromatic carbocycles. The van der Waals surface area contributed by atoms with Crippen molar-refractivity contribution in [2.75, 3.05) is 19.9 Å². The van der Waals surface area contributed by atoms with Crippen LogP contribution in [0.2, 0.25) is 0 Å². The molecular formula is C7H10F3NO5S. The molecule has 1 fully saturated rings. The Hall–Kier alpha value is -1.03. The molecule has 0 aromatic heterocycles. The molecule has 0 aromatic rings. The monoisotopic (exact) mass is 277 g/mol. The van der Waals surface area contributed by atoms with E-state index >= 15 is 0 Å². The average Bonchev–Trinajstić information content (AvgIpc) is 2.67. The molecule has 1 aliphatic rings. The molecule has 1 rings (SSSR count). The van der Waals surface area contributed by atoms with Crippen molar-refractivity contribution in [2.45, 2.75) is 18.3 Å². The maximum atomic E-state index is 11.8. The number of rotatable bonds is 3. The fourth-order valence-corrected chi connectivity index (χ4v) is 1.50. The van der Waals surface area contributed by atoms with E-state index in [0.29, 0.717) is 13.1 Å². The standard InChI is InChI=1S/C7H10F3NO5S/c8-7(9,10)17(13,14)16-5-15-6(12)11-3-1-2-4-11/h1-5H2. The molecule has 1 heterocycles. The summed E-state index contributed by atoms with van der Waals surface area (Å²) in [5, 5.41) is 0. The van der Waals surface area contributed by atoms with Crippen LogP contribution in [0.1, 0.15) is 12.8 Å². The second kappa shape index (κ2) is 5.08. The van der Waals surface area contributed by atoms with Gasteiger partial charge >= 0.3 is 21.7 Å². The number of hydrogen-bond acceptors (Lipinski definition) is 5. The molecule has 0 N–H and O–H groups in total. The van der Waals surface area contributed by atoms with Gasteiger partial charge in [-0.15, -0.1) is 0 Å². The summed E-state index contributed by atoms with van der Waals surface area (Å²) in [6.07, 6.45) is 0.660. The Balaban J connectivity index is 2.35. The first kappa shape index (κ1) is 14.0. The van der Waals surface area contributed by atoms with Crippen LogP contribution in [0.3, 0.4) is 0 Å². The van der Waals surface area contributed by atoms with Gasteiger partial charge < -0.3 is 9.64 Å². The molecule has 0 atom stereocenters. The van der Waals surface area contributed by atoms with Gasteiger partial charge in [0.1, 0.15) is 0 Å². The zero-order chi connectivity index (χ0) is 13.1. The van der Waals surface area contributed by atoms with Crippen LogP contribution in [-0.2, 0) is 19.0 Å².